The molecule has 3 N–H and O–H groups in total. The van der Waals surface area contributed by atoms with E-state index in [0.29, 0.717) is 6.42 Å². The molecule has 0 saturated heterocycles. The van der Waals surface area contributed by atoms with E-state index in [1.54, 1.807) is 17.0 Å². The number of hydrogen-bond donors (Lipinski definition) is 2. The summed E-state index contributed by atoms with van der Waals surface area (Å²) in [6, 6.07) is -0.966. The molecule has 14 heavy (non-hydrogen) atoms. The number of aromatic nitrogens is 2. The predicted molar refractivity (Wildman–Crippen MR) is 48.6 cm³/mol. The largest absolute Gasteiger partial charge is 0.338 e. The second kappa shape index (κ2) is 5.02. The Bertz CT molecular complexity index is 274. The van der Waals surface area contributed by atoms with Crippen LogP contribution >= 0.6 is 0 Å². The van der Waals surface area contributed by atoms with Crippen molar-refractivity contribution >= 4 is 0 Å². The zero-order valence-corrected chi connectivity index (χ0v) is 7.95. The number of imidazole rings is 1. The first-order valence-corrected chi connectivity index (χ1v) is 4.35. The van der Waals surface area contributed by atoms with Gasteiger partial charge in [0.15, 0.2) is 0 Å². The van der Waals surface area contributed by atoms with Gasteiger partial charge >= 0.3 is 0 Å². The SMILES string of the molecule is Cn1ccnc1CCC(NN)C(F)F. The Balaban J connectivity index is 2.43. The molecule has 0 aromatic carbocycles. The van der Waals surface area contributed by atoms with Gasteiger partial charge in [-0.3, -0.25) is 11.3 Å². The fourth-order valence-corrected chi connectivity index (χ4v) is 1.20. The van der Waals surface area contributed by atoms with Crippen LogP contribution in [0.1, 0.15) is 12.2 Å². The number of alkyl halides is 2. The monoisotopic (exact) mass is 204 g/mol. The fourth-order valence-electron chi connectivity index (χ4n) is 1.20. The second-order valence-corrected chi connectivity index (χ2v) is 3.10. The number of nitrogens with zero attached hydrogens (tertiary/aromatic N) is 2. The molecule has 4 nitrogen and oxygen atoms in total. The Kier molecular flexibility index (Phi) is 3.97. The van der Waals surface area contributed by atoms with Crippen LogP contribution in [0, 0.1) is 0 Å². The lowest BCUT2D eigenvalue weighted by atomic mass is 10.1. The van der Waals surface area contributed by atoms with Crippen molar-refractivity contribution in [2.75, 3.05) is 0 Å². The summed E-state index contributed by atoms with van der Waals surface area (Å²) in [5.41, 5.74) is 2.10. The molecule has 0 fully saturated rings. The van der Waals surface area contributed by atoms with E-state index < -0.39 is 12.5 Å². The highest BCUT2D eigenvalue weighted by Gasteiger charge is 2.18. The van der Waals surface area contributed by atoms with Gasteiger partial charge < -0.3 is 4.57 Å². The second-order valence-electron chi connectivity index (χ2n) is 3.10. The lowest BCUT2D eigenvalue weighted by Crippen LogP contribution is -2.40. The first-order valence-electron chi connectivity index (χ1n) is 4.35. The third-order valence-corrected chi connectivity index (χ3v) is 2.12. The van der Waals surface area contributed by atoms with Crippen molar-refractivity contribution in [3.8, 4) is 0 Å². The van der Waals surface area contributed by atoms with Gasteiger partial charge in [0.2, 0.25) is 0 Å². The van der Waals surface area contributed by atoms with E-state index in [1.807, 2.05) is 7.05 Å². The van der Waals surface area contributed by atoms with Crippen molar-refractivity contribution in [1.82, 2.24) is 15.0 Å². The minimum Gasteiger partial charge on any atom is -0.338 e. The molecule has 1 aromatic heterocycles. The maximum Gasteiger partial charge on any atom is 0.255 e. The minimum atomic E-state index is -2.44. The zero-order chi connectivity index (χ0) is 10.6. The number of hydrogen-bond acceptors (Lipinski definition) is 3. The average molecular weight is 204 g/mol. The van der Waals surface area contributed by atoms with Gasteiger partial charge in [-0.25, -0.2) is 13.8 Å². The van der Waals surface area contributed by atoms with Crippen LogP contribution in [0.4, 0.5) is 8.78 Å². The van der Waals surface area contributed by atoms with Crippen LogP contribution in [-0.2, 0) is 13.5 Å². The summed E-state index contributed by atoms with van der Waals surface area (Å²) in [7, 11) is 1.83. The molecule has 0 aliphatic heterocycles. The van der Waals surface area contributed by atoms with E-state index in [4.69, 9.17) is 5.84 Å². The number of rotatable bonds is 5. The lowest BCUT2D eigenvalue weighted by Gasteiger charge is -2.13. The quantitative estimate of drug-likeness (QED) is 0.541. The maximum atomic E-state index is 12.3. The third-order valence-electron chi connectivity index (χ3n) is 2.12. The summed E-state index contributed by atoms with van der Waals surface area (Å²) in [4.78, 5) is 4.03. The molecule has 0 saturated carbocycles. The van der Waals surface area contributed by atoms with Crippen molar-refractivity contribution in [1.29, 1.82) is 0 Å². The molecule has 0 aliphatic carbocycles. The van der Waals surface area contributed by atoms with E-state index in [0.717, 1.165) is 5.82 Å². The number of hydrazine groups is 1. The Morgan fingerprint density at radius 3 is 2.79 bits per heavy atom. The molecule has 1 atom stereocenters. The van der Waals surface area contributed by atoms with Crippen LogP contribution in [0.2, 0.25) is 0 Å². The lowest BCUT2D eigenvalue weighted by molar-refractivity contribution is 0.0941. The molecule has 6 heteroatoms. The molecule has 1 aromatic rings. The van der Waals surface area contributed by atoms with Crippen LogP contribution in [0.15, 0.2) is 12.4 Å². The summed E-state index contributed by atoms with van der Waals surface area (Å²) in [5.74, 6) is 5.78. The van der Waals surface area contributed by atoms with Gasteiger partial charge in [0.05, 0.1) is 6.04 Å². The van der Waals surface area contributed by atoms with Gasteiger partial charge in [0.25, 0.3) is 6.43 Å². The number of aryl methyl sites for hydroxylation is 2. The topological polar surface area (TPSA) is 55.9 Å². The zero-order valence-electron chi connectivity index (χ0n) is 7.95. The number of nitrogens with one attached hydrogen (secondary N) is 1. The normalized spacial score (nSPS) is 13.5. The molecule has 1 heterocycles. The van der Waals surface area contributed by atoms with Gasteiger partial charge in [-0.2, -0.15) is 0 Å². The minimum absolute atomic E-state index is 0.277. The van der Waals surface area contributed by atoms with Crippen LogP contribution in [0.3, 0.4) is 0 Å². The molecule has 0 spiro atoms. The smallest absolute Gasteiger partial charge is 0.255 e. The van der Waals surface area contributed by atoms with Crippen LogP contribution in [0.5, 0.6) is 0 Å². The Labute approximate surface area is 81.1 Å². The Morgan fingerprint density at radius 2 is 2.36 bits per heavy atom. The van der Waals surface area contributed by atoms with Crippen molar-refractivity contribution in [3.05, 3.63) is 18.2 Å². The van der Waals surface area contributed by atoms with Gasteiger partial charge in [0, 0.05) is 25.9 Å². The highest BCUT2D eigenvalue weighted by molar-refractivity contribution is 4.92. The summed E-state index contributed by atoms with van der Waals surface area (Å²) in [6.45, 7) is 0. The summed E-state index contributed by atoms with van der Waals surface area (Å²) < 4.78 is 26.3. The predicted octanol–water partition coefficient (Wildman–Crippen LogP) is 0.450. The van der Waals surface area contributed by atoms with E-state index in [-0.39, 0.29) is 6.42 Å². The van der Waals surface area contributed by atoms with Crippen molar-refractivity contribution in [2.24, 2.45) is 12.9 Å². The van der Waals surface area contributed by atoms with E-state index in [1.165, 1.54) is 0 Å². The van der Waals surface area contributed by atoms with Crippen LogP contribution in [-0.4, -0.2) is 22.0 Å². The summed E-state index contributed by atoms with van der Waals surface area (Å²) in [5, 5.41) is 0. The Hall–Kier alpha value is -1.01. The summed E-state index contributed by atoms with van der Waals surface area (Å²) in [6.07, 6.45) is 1.74. The molecule has 0 radical (unpaired) electrons. The van der Waals surface area contributed by atoms with Gasteiger partial charge in [0.1, 0.15) is 5.82 Å². The van der Waals surface area contributed by atoms with Crippen molar-refractivity contribution in [3.63, 3.8) is 0 Å². The van der Waals surface area contributed by atoms with Gasteiger partial charge in [-0.15, -0.1) is 0 Å². The van der Waals surface area contributed by atoms with E-state index >= 15 is 0 Å². The maximum absolute atomic E-state index is 12.3. The molecule has 0 bridgehead atoms. The van der Waals surface area contributed by atoms with Crippen molar-refractivity contribution < 1.29 is 8.78 Å². The fraction of sp³-hybridized carbons (Fsp3) is 0.625. The highest BCUT2D eigenvalue weighted by Crippen LogP contribution is 2.08. The first kappa shape index (κ1) is 11.1. The number of nitrogens with two attached hydrogens (primary N) is 1. The standard InChI is InChI=1S/C8H14F2N4/c1-14-5-4-12-7(14)3-2-6(13-11)8(9)10/h4-6,8,13H,2-3,11H2,1H3. The molecule has 0 amide bonds. The number of halogens is 2. The summed E-state index contributed by atoms with van der Waals surface area (Å²) >= 11 is 0. The molecule has 1 rings (SSSR count). The van der Waals surface area contributed by atoms with E-state index in [2.05, 4.69) is 10.4 Å². The third kappa shape index (κ3) is 2.74. The average Bonchev–Trinajstić information content (AvgIpc) is 2.52. The first-order chi connectivity index (χ1) is 6.65. The molecule has 80 valence electrons. The molecular formula is C8H14F2N4. The van der Waals surface area contributed by atoms with Gasteiger partial charge in [-0.1, -0.05) is 0 Å². The van der Waals surface area contributed by atoms with Crippen LogP contribution < -0.4 is 11.3 Å². The van der Waals surface area contributed by atoms with Gasteiger partial charge in [-0.05, 0) is 6.42 Å². The van der Waals surface area contributed by atoms with E-state index in [9.17, 15) is 8.78 Å². The highest BCUT2D eigenvalue weighted by atomic mass is 19.3. The molecular weight excluding hydrogens is 190 g/mol. The molecule has 0 aliphatic rings. The molecule has 1 unspecified atom stereocenters. The van der Waals surface area contributed by atoms with Crippen molar-refractivity contribution in [2.45, 2.75) is 25.3 Å². The van der Waals surface area contributed by atoms with Crippen LogP contribution in [0.25, 0.3) is 0 Å². The Morgan fingerprint density at radius 1 is 1.64 bits per heavy atom.